The van der Waals surface area contributed by atoms with Crippen LogP contribution in [0.4, 0.5) is 0 Å². The van der Waals surface area contributed by atoms with Crippen LogP contribution in [0.2, 0.25) is 0 Å². The van der Waals surface area contributed by atoms with E-state index in [1.807, 2.05) is 0 Å². The minimum atomic E-state index is -3.30. The maximum atomic E-state index is 12.9. The molecule has 0 aromatic heterocycles. The Morgan fingerprint density at radius 1 is 1.15 bits per heavy atom. The highest BCUT2D eigenvalue weighted by Crippen LogP contribution is 2.30. The summed E-state index contributed by atoms with van der Waals surface area (Å²) in [6.45, 7) is 3.36. The molecule has 1 saturated carbocycles. The van der Waals surface area contributed by atoms with Gasteiger partial charge in [0, 0.05) is 19.6 Å². The first-order valence-corrected chi connectivity index (χ1v) is 11.7. The van der Waals surface area contributed by atoms with Crippen LogP contribution in [0.3, 0.4) is 0 Å². The van der Waals surface area contributed by atoms with Crippen LogP contribution in [-0.2, 0) is 19.6 Å². The van der Waals surface area contributed by atoms with Gasteiger partial charge in [-0.25, -0.2) is 12.7 Å². The second-order valence-corrected chi connectivity index (χ2v) is 9.68. The third-order valence-electron chi connectivity index (χ3n) is 5.54. The predicted molar refractivity (Wildman–Crippen MR) is 101 cm³/mol. The van der Waals surface area contributed by atoms with Gasteiger partial charge >= 0.3 is 0 Å². The highest BCUT2D eigenvalue weighted by atomic mass is 32.2. The predicted octanol–water partition coefficient (Wildman–Crippen LogP) is 1.39. The van der Waals surface area contributed by atoms with Gasteiger partial charge in [-0.05, 0) is 32.1 Å². The number of hydrogen-bond donors (Lipinski definition) is 2. The Labute approximate surface area is 157 Å². The zero-order valence-corrected chi connectivity index (χ0v) is 16.9. The Balaban J connectivity index is 2.05. The molecule has 1 aliphatic carbocycles. The number of rotatable bonds is 7. The molecule has 1 atom stereocenters. The molecule has 2 amide bonds. The van der Waals surface area contributed by atoms with Gasteiger partial charge in [0.25, 0.3) is 0 Å². The van der Waals surface area contributed by atoms with Gasteiger partial charge in [-0.3, -0.25) is 9.59 Å². The van der Waals surface area contributed by atoms with Crippen molar-refractivity contribution in [1.29, 1.82) is 0 Å². The van der Waals surface area contributed by atoms with Crippen molar-refractivity contribution in [3.8, 4) is 0 Å². The number of nitrogens with zero attached hydrogens (tertiary/aromatic N) is 1. The van der Waals surface area contributed by atoms with E-state index in [4.69, 9.17) is 0 Å². The van der Waals surface area contributed by atoms with Crippen LogP contribution in [0.15, 0.2) is 0 Å². The lowest BCUT2D eigenvalue weighted by atomic mass is 9.80. The van der Waals surface area contributed by atoms with Crippen molar-refractivity contribution in [3.05, 3.63) is 0 Å². The van der Waals surface area contributed by atoms with Crippen molar-refractivity contribution >= 4 is 21.8 Å². The third-order valence-corrected chi connectivity index (χ3v) is 6.81. The molecule has 0 radical (unpaired) electrons. The summed E-state index contributed by atoms with van der Waals surface area (Å²) in [4.78, 5) is 25.7. The molecule has 1 aliphatic heterocycles. The molecule has 2 rings (SSSR count). The van der Waals surface area contributed by atoms with Crippen LogP contribution >= 0.6 is 0 Å². The van der Waals surface area contributed by atoms with Gasteiger partial charge in [0.1, 0.15) is 5.54 Å². The average Bonchev–Trinajstić information content (AvgIpc) is 2.62. The van der Waals surface area contributed by atoms with E-state index in [2.05, 4.69) is 17.6 Å². The number of carbonyl (C=O) groups excluding carboxylic acids is 2. The molecule has 0 bridgehead atoms. The van der Waals surface area contributed by atoms with Gasteiger partial charge in [0.2, 0.25) is 21.8 Å². The summed E-state index contributed by atoms with van der Waals surface area (Å²) in [5, 5.41) is 6.00. The molecular formula is C18H33N3O4S. The minimum Gasteiger partial charge on any atom is -0.354 e. The van der Waals surface area contributed by atoms with Gasteiger partial charge in [-0.15, -0.1) is 0 Å². The molecule has 150 valence electrons. The monoisotopic (exact) mass is 387 g/mol. The second kappa shape index (κ2) is 9.17. The molecule has 7 nitrogen and oxygen atoms in total. The minimum absolute atomic E-state index is 0.0882. The van der Waals surface area contributed by atoms with Crippen molar-refractivity contribution in [2.75, 3.05) is 25.9 Å². The van der Waals surface area contributed by atoms with Crippen LogP contribution in [0.25, 0.3) is 0 Å². The Hall–Kier alpha value is -1.15. The lowest BCUT2D eigenvalue weighted by Crippen LogP contribution is -2.61. The lowest BCUT2D eigenvalue weighted by Gasteiger charge is -2.39. The first-order chi connectivity index (χ1) is 12.3. The van der Waals surface area contributed by atoms with E-state index in [1.54, 1.807) is 0 Å². The summed E-state index contributed by atoms with van der Waals surface area (Å²) in [5.41, 5.74) is -0.837. The van der Waals surface area contributed by atoms with Gasteiger partial charge < -0.3 is 10.6 Å². The van der Waals surface area contributed by atoms with Crippen molar-refractivity contribution < 1.29 is 18.0 Å². The van der Waals surface area contributed by atoms with Crippen LogP contribution in [0.5, 0.6) is 0 Å². The van der Waals surface area contributed by atoms with Crippen molar-refractivity contribution in [1.82, 2.24) is 14.9 Å². The zero-order valence-electron chi connectivity index (χ0n) is 16.1. The van der Waals surface area contributed by atoms with Crippen LogP contribution in [0, 0.1) is 5.92 Å². The van der Waals surface area contributed by atoms with E-state index < -0.39 is 15.6 Å². The fourth-order valence-electron chi connectivity index (χ4n) is 3.91. The molecule has 8 heteroatoms. The number of hydrogen-bond acceptors (Lipinski definition) is 4. The van der Waals surface area contributed by atoms with E-state index in [0.717, 1.165) is 32.1 Å². The zero-order chi connectivity index (χ0) is 19.2. The summed E-state index contributed by atoms with van der Waals surface area (Å²) in [7, 11) is -3.30. The van der Waals surface area contributed by atoms with Gasteiger partial charge in [-0.2, -0.15) is 0 Å². The number of piperidine rings is 1. The second-order valence-electron chi connectivity index (χ2n) is 7.70. The smallest absolute Gasteiger partial charge is 0.245 e. The molecule has 26 heavy (non-hydrogen) atoms. The molecule has 1 saturated heterocycles. The standard InChI is InChI=1S/C18H33N3O4S/c1-3-4-12-19-17(23)18(10-6-5-7-11-18)20-16(22)15-9-8-13-21(14-15)26(2,24)25/h15H,3-14H2,1-2H3,(H,19,23)(H,20,22). The van der Waals surface area contributed by atoms with Crippen LogP contribution in [0.1, 0.15) is 64.7 Å². The Morgan fingerprint density at radius 3 is 2.46 bits per heavy atom. The van der Waals surface area contributed by atoms with E-state index in [-0.39, 0.29) is 24.3 Å². The molecule has 2 fully saturated rings. The van der Waals surface area contributed by atoms with Gasteiger partial charge in [0.15, 0.2) is 0 Å². The highest BCUT2D eigenvalue weighted by molar-refractivity contribution is 7.88. The van der Waals surface area contributed by atoms with E-state index in [9.17, 15) is 18.0 Å². The van der Waals surface area contributed by atoms with Gasteiger partial charge in [-0.1, -0.05) is 32.6 Å². The number of amides is 2. The summed E-state index contributed by atoms with van der Waals surface area (Å²) < 4.78 is 25.0. The first kappa shape index (κ1) is 21.2. The Kier molecular flexibility index (Phi) is 7.46. The summed E-state index contributed by atoms with van der Waals surface area (Å²) >= 11 is 0. The lowest BCUT2D eigenvalue weighted by molar-refractivity contribution is -0.137. The number of nitrogens with one attached hydrogen (secondary N) is 2. The Bertz CT molecular complexity index is 600. The Morgan fingerprint density at radius 2 is 1.85 bits per heavy atom. The largest absolute Gasteiger partial charge is 0.354 e. The van der Waals surface area contributed by atoms with Crippen LogP contribution in [-0.4, -0.2) is 56.0 Å². The summed E-state index contributed by atoms with van der Waals surface area (Å²) in [5.74, 6) is -0.665. The molecule has 1 unspecified atom stereocenters. The maximum Gasteiger partial charge on any atom is 0.245 e. The summed E-state index contributed by atoms with van der Waals surface area (Å²) in [6.07, 6.45) is 8.64. The van der Waals surface area contributed by atoms with Crippen molar-refractivity contribution in [2.24, 2.45) is 5.92 Å². The molecule has 1 heterocycles. The van der Waals surface area contributed by atoms with E-state index in [1.165, 1.54) is 10.6 Å². The molecule has 0 spiro atoms. The number of sulfonamides is 1. The third kappa shape index (κ3) is 5.42. The maximum absolute atomic E-state index is 12.9. The van der Waals surface area contributed by atoms with Crippen molar-refractivity contribution in [3.63, 3.8) is 0 Å². The average molecular weight is 388 g/mol. The molecular weight excluding hydrogens is 354 g/mol. The van der Waals surface area contributed by atoms with E-state index >= 15 is 0 Å². The van der Waals surface area contributed by atoms with Gasteiger partial charge in [0.05, 0.1) is 12.2 Å². The summed E-state index contributed by atoms with van der Waals surface area (Å²) in [6, 6.07) is 0. The first-order valence-electron chi connectivity index (χ1n) is 9.84. The normalized spacial score (nSPS) is 24.0. The quantitative estimate of drug-likeness (QED) is 0.645. The SMILES string of the molecule is CCCCNC(=O)C1(NC(=O)C2CCCN(S(C)(=O)=O)C2)CCCCC1. The highest BCUT2D eigenvalue weighted by Gasteiger charge is 2.42. The fraction of sp³-hybridized carbons (Fsp3) is 0.889. The topological polar surface area (TPSA) is 95.6 Å². The molecule has 2 N–H and O–H groups in total. The molecule has 0 aromatic carbocycles. The molecule has 0 aromatic rings. The van der Waals surface area contributed by atoms with Crippen LogP contribution < -0.4 is 10.6 Å². The van der Waals surface area contributed by atoms with E-state index in [0.29, 0.717) is 38.8 Å². The fourth-order valence-corrected chi connectivity index (χ4v) is 4.82. The number of carbonyl (C=O) groups is 2. The van der Waals surface area contributed by atoms with Crippen molar-refractivity contribution in [2.45, 2.75) is 70.3 Å². The molecule has 2 aliphatic rings. The number of unbranched alkanes of at least 4 members (excludes halogenated alkanes) is 1.